The third-order valence-corrected chi connectivity index (χ3v) is 7.74. The van der Waals surface area contributed by atoms with Gasteiger partial charge in [-0.1, -0.05) is 30.3 Å². The lowest BCUT2D eigenvalue weighted by atomic mass is 9.87. The molecule has 1 aliphatic heterocycles. The van der Waals surface area contributed by atoms with Crippen LogP contribution < -0.4 is 9.47 Å². The van der Waals surface area contributed by atoms with E-state index in [4.69, 9.17) is 18.9 Å². The number of nitrogens with zero attached hydrogens (tertiary/aromatic N) is 1. The van der Waals surface area contributed by atoms with Crippen molar-refractivity contribution in [2.75, 3.05) is 33.0 Å². The molecular weight excluding hydrogens is 585 g/mol. The Labute approximate surface area is 261 Å². The van der Waals surface area contributed by atoms with Gasteiger partial charge in [-0.3, -0.25) is 4.90 Å². The van der Waals surface area contributed by atoms with Crippen molar-refractivity contribution in [2.45, 2.75) is 58.5 Å². The van der Waals surface area contributed by atoms with Crippen molar-refractivity contribution in [3.8, 4) is 11.5 Å². The summed E-state index contributed by atoms with van der Waals surface area (Å²) in [4.78, 5) is 16.6. The number of halogens is 3. The molecule has 0 radical (unpaired) electrons. The van der Waals surface area contributed by atoms with Crippen LogP contribution in [0, 0.1) is 11.6 Å². The summed E-state index contributed by atoms with van der Waals surface area (Å²) in [5, 5.41) is 1.00. The molecule has 0 bridgehead atoms. The van der Waals surface area contributed by atoms with Gasteiger partial charge < -0.3 is 23.9 Å². The number of carbonyl (C=O) groups is 1. The smallest absolute Gasteiger partial charge is 0.332 e. The number of hydrogen-bond acceptors (Lipinski definition) is 6. The van der Waals surface area contributed by atoms with Crippen molar-refractivity contribution < 1.29 is 36.9 Å². The first-order valence-corrected chi connectivity index (χ1v) is 15.1. The van der Waals surface area contributed by atoms with Crippen LogP contribution in [0.1, 0.15) is 56.1 Å². The van der Waals surface area contributed by atoms with Crippen LogP contribution in [0.25, 0.3) is 10.9 Å². The molecule has 240 valence electrons. The van der Waals surface area contributed by atoms with E-state index in [9.17, 15) is 4.79 Å². The number of hydrogen-bond donors (Lipinski definition) is 1. The maximum Gasteiger partial charge on any atom is 0.332 e. The molecule has 4 aromatic rings. The minimum absolute atomic E-state index is 0.00368. The van der Waals surface area contributed by atoms with Gasteiger partial charge in [0.25, 0.3) is 0 Å². The molecule has 0 amide bonds. The Morgan fingerprint density at radius 1 is 1.00 bits per heavy atom. The van der Waals surface area contributed by atoms with E-state index in [1.165, 1.54) is 26.0 Å². The summed E-state index contributed by atoms with van der Waals surface area (Å²) in [5.74, 6) is -1.34. The highest BCUT2D eigenvalue weighted by Gasteiger charge is 2.41. The minimum Gasteiger partial charge on any atom is -0.490 e. The van der Waals surface area contributed by atoms with E-state index in [0.29, 0.717) is 24.5 Å². The molecule has 3 aromatic carbocycles. The second-order valence-corrected chi connectivity index (χ2v) is 11.8. The van der Waals surface area contributed by atoms with E-state index >= 15 is 13.2 Å². The van der Waals surface area contributed by atoms with Gasteiger partial charge in [-0.2, -0.15) is 0 Å². The van der Waals surface area contributed by atoms with Crippen LogP contribution in [0.5, 0.6) is 11.5 Å². The highest BCUT2D eigenvalue weighted by atomic mass is 19.1. The van der Waals surface area contributed by atoms with Crippen LogP contribution in [-0.4, -0.2) is 60.5 Å². The van der Waals surface area contributed by atoms with Crippen molar-refractivity contribution in [1.29, 1.82) is 0 Å². The summed E-state index contributed by atoms with van der Waals surface area (Å²) in [6, 6.07) is 16.2. The zero-order valence-electron chi connectivity index (χ0n) is 26.0. The van der Waals surface area contributed by atoms with Gasteiger partial charge in [-0.25, -0.2) is 18.0 Å². The third-order valence-electron chi connectivity index (χ3n) is 7.74. The number of fused-ring (bicyclic) bond motifs is 3. The SMILES string of the molecule is CCOC(=O)COCc1ccc(OCCOc2cc(F)c([C@@H]3c4[nH]c5ccccc5c4C[C@@H](C)N3CC(C)(C)F)c(F)c2)cc1. The Kier molecular flexibility index (Phi) is 10.0. The van der Waals surface area contributed by atoms with E-state index in [1.54, 1.807) is 19.1 Å². The average molecular weight is 625 g/mol. The van der Waals surface area contributed by atoms with Gasteiger partial charge in [0.2, 0.25) is 0 Å². The number of aromatic amines is 1. The summed E-state index contributed by atoms with van der Waals surface area (Å²) < 4.78 is 68.2. The molecule has 10 heteroatoms. The van der Waals surface area contributed by atoms with Gasteiger partial charge in [0.05, 0.1) is 19.3 Å². The fourth-order valence-electron chi connectivity index (χ4n) is 5.86. The second-order valence-electron chi connectivity index (χ2n) is 11.8. The molecule has 2 atom stereocenters. The zero-order valence-corrected chi connectivity index (χ0v) is 26.0. The first-order valence-electron chi connectivity index (χ1n) is 15.1. The molecule has 0 unspecified atom stereocenters. The number of esters is 1. The number of aromatic nitrogens is 1. The Balaban J connectivity index is 1.26. The minimum atomic E-state index is -1.58. The van der Waals surface area contributed by atoms with Gasteiger partial charge in [0.1, 0.15) is 48.6 Å². The van der Waals surface area contributed by atoms with Crippen LogP contribution in [0.3, 0.4) is 0 Å². The van der Waals surface area contributed by atoms with Gasteiger partial charge in [0, 0.05) is 46.9 Å². The zero-order chi connectivity index (χ0) is 32.1. The van der Waals surface area contributed by atoms with E-state index in [1.807, 2.05) is 48.2 Å². The van der Waals surface area contributed by atoms with Crippen LogP contribution >= 0.6 is 0 Å². The molecule has 0 fully saturated rings. The summed E-state index contributed by atoms with van der Waals surface area (Å²) in [5.41, 5.74) is 1.67. The van der Waals surface area contributed by atoms with E-state index in [2.05, 4.69) is 4.98 Å². The number of benzene rings is 3. The van der Waals surface area contributed by atoms with Crippen LogP contribution in [0.4, 0.5) is 13.2 Å². The Morgan fingerprint density at radius 2 is 1.67 bits per heavy atom. The fourth-order valence-corrected chi connectivity index (χ4v) is 5.86. The molecule has 45 heavy (non-hydrogen) atoms. The van der Waals surface area contributed by atoms with Gasteiger partial charge in [0.15, 0.2) is 0 Å². The van der Waals surface area contributed by atoms with Gasteiger partial charge in [-0.15, -0.1) is 0 Å². The quantitative estimate of drug-likeness (QED) is 0.127. The summed E-state index contributed by atoms with van der Waals surface area (Å²) in [6.07, 6.45) is 0.627. The number of H-pyrrole nitrogens is 1. The highest BCUT2D eigenvalue weighted by Crippen LogP contribution is 2.43. The summed E-state index contributed by atoms with van der Waals surface area (Å²) in [6.45, 7) is 7.27. The lowest BCUT2D eigenvalue weighted by molar-refractivity contribution is -0.148. The third kappa shape index (κ3) is 7.80. The van der Waals surface area contributed by atoms with Crippen molar-refractivity contribution in [2.24, 2.45) is 0 Å². The van der Waals surface area contributed by atoms with Crippen LogP contribution in [-0.2, 0) is 27.3 Å². The lowest BCUT2D eigenvalue weighted by Crippen LogP contribution is -2.48. The first kappa shape index (κ1) is 32.4. The molecule has 2 heterocycles. The predicted octanol–water partition coefficient (Wildman–Crippen LogP) is 7.07. The summed E-state index contributed by atoms with van der Waals surface area (Å²) in [7, 11) is 0. The number of rotatable bonds is 13. The molecule has 0 saturated heterocycles. The number of alkyl halides is 1. The monoisotopic (exact) mass is 624 g/mol. The normalized spacial score (nSPS) is 16.9. The molecular formula is C35H39F3N2O5. The molecule has 1 N–H and O–H groups in total. The maximum atomic E-state index is 15.8. The standard InChI is InChI=1S/C35H39F3N2O5/c1-5-43-31(41)20-42-19-23-10-12-24(13-11-23)44-14-15-45-25-17-28(36)32(29(37)18-25)34-33-27(26-8-6-7-9-30(26)39-33)16-22(2)40(34)21-35(3,4)38/h6-13,17-18,22,34,39H,5,14-16,19-21H2,1-4H3/t22-,34-/m1/s1. The van der Waals surface area contributed by atoms with Crippen LogP contribution in [0.15, 0.2) is 60.7 Å². The Hall–Kier alpha value is -4.02. The van der Waals surface area contributed by atoms with Crippen molar-refractivity contribution >= 4 is 16.9 Å². The van der Waals surface area contributed by atoms with Crippen molar-refractivity contribution in [3.63, 3.8) is 0 Å². The average Bonchev–Trinajstić information content (AvgIpc) is 3.35. The largest absolute Gasteiger partial charge is 0.490 e. The van der Waals surface area contributed by atoms with E-state index < -0.39 is 29.3 Å². The van der Waals surface area contributed by atoms with E-state index in [-0.39, 0.29) is 50.3 Å². The first-order chi connectivity index (χ1) is 21.5. The maximum absolute atomic E-state index is 15.8. The number of para-hydroxylation sites is 1. The molecule has 5 rings (SSSR count). The lowest BCUT2D eigenvalue weighted by Gasteiger charge is -2.43. The fraction of sp³-hybridized carbons (Fsp3) is 0.400. The molecule has 1 aromatic heterocycles. The van der Waals surface area contributed by atoms with Crippen molar-refractivity contribution in [3.05, 3.63) is 94.7 Å². The number of nitrogens with one attached hydrogen (secondary N) is 1. The van der Waals surface area contributed by atoms with Crippen molar-refractivity contribution in [1.82, 2.24) is 9.88 Å². The van der Waals surface area contributed by atoms with Crippen LogP contribution in [0.2, 0.25) is 0 Å². The predicted molar refractivity (Wildman–Crippen MR) is 165 cm³/mol. The molecule has 1 aliphatic rings. The van der Waals surface area contributed by atoms with E-state index in [0.717, 1.165) is 22.0 Å². The Bertz CT molecular complexity index is 1590. The summed E-state index contributed by atoms with van der Waals surface area (Å²) >= 11 is 0. The van der Waals surface area contributed by atoms with Gasteiger partial charge >= 0.3 is 5.97 Å². The topological polar surface area (TPSA) is 73.0 Å². The molecule has 0 aliphatic carbocycles. The Morgan fingerprint density at radius 3 is 2.33 bits per heavy atom. The number of ether oxygens (including phenoxy) is 4. The molecule has 0 spiro atoms. The molecule has 7 nitrogen and oxygen atoms in total. The number of carbonyl (C=O) groups excluding carboxylic acids is 1. The van der Waals surface area contributed by atoms with Gasteiger partial charge in [-0.05, 0) is 63.4 Å². The highest BCUT2D eigenvalue weighted by molar-refractivity contribution is 5.85. The second kappa shape index (κ2) is 14.0. The molecule has 0 saturated carbocycles.